The molecule has 0 unspecified atom stereocenters. The number of nitrogens with one attached hydrogen (secondary N) is 1. The van der Waals surface area contributed by atoms with Crippen LogP contribution in [0.15, 0.2) is 60.7 Å². The monoisotopic (exact) mass is 379 g/mol. The van der Waals surface area contributed by atoms with Crippen molar-refractivity contribution in [3.8, 4) is 0 Å². The van der Waals surface area contributed by atoms with E-state index in [1.54, 1.807) is 21.0 Å². The number of carbonyl (C=O) groups excluding carboxylic acids is 2. The van der Waals surface area contributed by atoms with Crippen molar-refractivity contribution in [3.05, 3.63) is 82.4 Å². The predicted octanol–water partition coefficient (Wildman–Crippen LogP) is 3.92. The summed E-state index contributed by atoms with van der Waals surface area (Å²) in [6.45, 7) is 1.77. The second-order valence-electron chi connectivity index (χ2n) is 6.38. The van der Waals surface area contributed by atoms with Gasteiger partial charge in [-0.25, -0.2) is 4.98 Å². The lowest BCUT2D eigenvalue weighted by Gasteiger charge is -2.17. The Bertz CT molecular complexity index is 897. The minimum Gasteiger partial charge on any atom is -0.344 e. The molecule has 27 heavy (non-hydrogen) atoms. The molecular formula is C21H21N3O2S. The number of hydrogen-bond acceptors (Lipinski definition) is 4. The van der Waals surface area contributed by atoms with Crippen molar-refractivity contribution >= 4 is 28.3 Å². The van der Waals surface area contributed by atoms with Crippen LogP contribution in [0.3, 0.4) is 0 Å². The second-order valence-corrected chi connectivity index (χ2v) is 7.38. The summed E-state index contributed by atoms with van der Waals surface area (Å²) < 4.78 is 0. The van der Waals surface area contributed by atoms with Crippen LogP contribution in [0.5, 0.6) is 0 Å². The van der Waals surface area contributed by atoms with Crippen LogP contribution >= 0.6 is 11.3 Å². The van der Waals surface area contributed by atoms with Crippen LogP contribution in [0.1, 0.15) is 32.4 Å². The molecule has 6 heteroatoms. The fourth-order valence-electron chi connectivity index (χ4n) is 2.82. The molecule has 2 aromatic carbocycles. The van der Waals surface area contributed by atoms with Gasteiger partial charge in [-0.1, -0.05) is 72.0 Å². The molecule has 0 atom stereocenters. The number of aromatic nitrogens is 1. The number of nitrogens with zero attached hydrogens (tertiary/aromatic N) is 2. The largest absolute Gasteiger partial charge is 0.344 e. The third-order valence-electron chi connectivity index (χ3n) is 4.16. The Labute approximate surface area is 162 Å². The molecule has 0 radical (unpaired) electrons. The highest BCUT2D eigenvalue weighted by Crippen LogP contribution is 2.29. The van der Waals surface area contributed by atoms with E-state index in [9.17, 15) is 9.59 Å². The SMILES string of the molecule is Cc1nc(NC(=O)C(c2ccccc2)c2ccccc2)sc1C(=O)N(C)C. The van der Waals surface area contributed by atoms with Gasteiger partial charge in [0.2, 0.25) is 5.91 Å². The van der Waals surface area contributed by atoms with E-state index >= 15 is 0 Å². The molecule has 138 valence electrons. The fraction of sp³-hybridized carbons (Fsp3) is 0.190. The van der Waals surface area contributed by atoms with Gasteiger partial charge in [0.05, 0.1) is 11.6 Å². The van der Waals surface area contributed by atoms with Crippen molar-refractivity contribution in [2.45, 2.75) is 12.8 Å². The van der Waals surface area contributed by atoms with Gasteiger partial charge in [0, 0.05) is 14.1 Å². The molecule has 1 aromatic heterocycles. The molecule has 0 spiro atoms. The zero-order valence-electron chi connectivity index (χ0n) is 15.5. The number of benzene rings is 2. The van der Waals surface area contributed by atoms with Gasteiger partial charge in [0.25, 0.3) is 5.91 Å². The molecule has 0 aliphatic rings. The first-order valence-corrected chi connectivity index (χ1v) is 9.39. The molecular weight excluding hydrogens is 358 g/mol. The van der Waals surface area contributed by atoms with Crippen LogP contribution in [0, 0.1) is 6.92 Å². The van der Waals surface area contributed by atoms with E-state index in [0.29, 0.717) is 15.7 Å². The van der Waals surface area contributed by atoms with Crippen molar-refractivity contribution in [2.24, 2.45) is 0 Å². The number of anilines is 1. The van der Waals surface area contributed by atoms with Crippen LogP contribution in [0.25, 0.3) is 0 Å². The van der Waals surface area contributed by atoms with Crippen LogP contribution < -0.4 is 5.32 Å². The van der Waals surface area contributed by atoms with Crippen molar-refractivity contribution in [3.63, 3.8) is 0 Å². The van der Waals surface area contributed by atoms with Crippen LogP contribution in [-0.4, -0.2) is 35.8 Å². The number of hydrogen-bond donors (Lipinski definition) is 1. The van der Waals surface area contributed by atoms with Gasteiger partial charge in [-0.05, 0) is 18.1 Å². The van der Waals surface area contributed by atoms with Crippen molar-refractivity contribution < 1.29 is 9.59 Å². The summed E-state index contributed by atoms with van der Waals surface area (Å²) in [5.74, 6) is -0.747. The number of thiazole rings is 1. The Balaban J connectivity index is 1.90. The van der Waals surface area contributed by atoms with E-state index in [0.717, 1.165) is 11.1 Å². The van der Waals surface area contributed by atoms with Crippen molar-refractivity contribution in [1.82, 2.24) is 9.88 Å². The number of amides is 2. The Morgan fingerprint density at radius 3 is 1.96 bits per heavy atom. The first kappa shape index (κ1) is 18.8. The van der Waals surface area contributed by atoms with Gasteiger partial charge in [0.15, 0.2) is 5.13 Å². The van der Waals surface area contributed by atoms with Gasteiger partial charge in [-0.3, -0.25) is 9.59 Å². The standard InChI is InChI=1S/C21H21N3O2S/c1-14-18(20(26)24(2)3)27-21(22-14)23-19(25)17(15-10-6-4-7-11-15)16-12-8-5-9-13-16/h4-13,17H,1-3H3,(H,22,23,25). The molecule has 5 nitrogen and oxygen atoms in total. The quantitative estimate of drug-likeness (QED) is 0.731. The van der Waals surface area contributed by atoms with E-state index in [4.69, 9.17) is 0 Å². The van der Waals surface area contributed by atoms with Gasteiger partial charge in [0.1, 0.15) is 4.88 Å². The second kappa shape index (κ2) is 8.14. The maximum Gasteiger partial charge on any atom is 0.265 e. The average molecular weight is 379 g/mol. The Hall–Kier alpha value is -2.99. The zero-order chi connectivity index (χ0) is 19.4. The van der Waals surface area contributed by atoms with E-state index in [2.05, 4.69) is 10.3 Å². The number of carbonyl (C=O) groups is 2. The molecule has 2 amide bonds. The molecule has 0 bridgehead atoms. The summed E-state index contributed by atoms with van der Waals surface area (Å²) in [7, 11) is 3.39. The lowest BCUT2D eigenvalue weighted by atomic mass is 9.90. The summed E-state index contributed by atoms with van der Waals surface area (Å²) >= 11 is 1.20. The smallest absolute Gasteiger partial charge is 0.265 e. The summed E-state index contributed by atoms with van der Waals surface area (Å²) in [5.41, 5.74) is 2.42. The number of rotatable bonds is 5. The summed E-state index contributed by atoms with van der Waals surface area (Å²) in [4.78, 5) is 31.7. The third kappa shape index (κ3) is 4.23. The maximum absolute atomic E-state index is 13.1. The molecule has 0 fully saturated rings. The third-order valence-corrected chi connectivity index (χ3v) is 5.22. The van der Waals surface area contributed by atoms with Gasteiger partial charge in [-0.15, -0.1) is 0 Å². The normalized spacial score (nSPS) is 10.7. The van der Waals surface area contributed by atoms with E-state index in [1.165, 1.54) is 16.2 Å². The topological polar surface area (TPSA) is 62.3 Å². The van der Waals surface area contributed by atoms with E-state index in [1.807, 2.05) is 60.7 Å². The fourth-order valence-corrected chi connectivity index (χ4v) is 3.81. The highest BCUT2D eigenvalue weighted by molar-refractivity contribution is 7.17. The Morgan fingerprint density at radius 1 is 0.963 bits per heavy atom. The van der Waals surface area contributed by atoms with Gasteiger partial charge in [-0.2, -0.15) is 0 Å². The molecule has 1 heterocycles. The van der Waals surface area contributed by atoms with Crippen LogP contribution in [0.2, 0.25) is 0 Å². The lowest BCUT2D eigenvalue weighted by Crippen LogP contribution is -2.22. The van der Waals surface area contributed by atoms with E-state index < -0.39 is 5.92 Å². The Morgan fingerprint density at radius 2 is 1.48 bits per heavy atom. The molecule has 0 aliphatic heterocycles. The van der Waals surface area contributed by atoms with Crippen LogP contribution in [-0.2, 0) is 4.79 Å². The molecule has 0 saturated carbocycles. The molecule has 0 aliphatic carbocycles. The van der Waals surface area contributed by atoms with Gasteiger partial charge < -0.3 is 10.2 Å². The first-order valence-electron chi connectivity index (χ1n) is 8.57. The van der Waals surface area contributed by atoms with Crippen LogP contribution in [0.4, 0.5) is 5.13 Å². The molecule has 3 aromatic rings. The first-order chi connectivity index (χ1) is 13.0. The predicted molar refractivity (Wildman–Crippen MR) is 108 cm³/mol. The average Bonchev–Trinajstić information content (AvgIpc) is 3.03. The van der Waals surface area contributed by atoms with Crippen molar-refractivity contribution in [2.75, 3.05) is 19.4 Å². The summed E-state index contributed by atoms with van der Waals surface area (Å²) in [6, 6.07) is 19.3. The van der Waals surface area contributed by atoms with Gasteiger partial charge >= 0.3 is 0 Å². The molecule has 0 saturated heterocycles. The summed E-state index contributed by atoms with van der Waals surface area (Å²) in [6.07, 6.45) is 0. The van der Waals surface area contributed by atoms with E-state index in [-0.39, 0.29) is 11.8 Å². The minimum absolute atomic E-state index is 0.117. The Kier molecular flexibility index (Phi) is 5.66. The lowest BCUT2D eigenvalue weighted by molar-refractivity contribution is -0.116. The zero-order valence-corrected chi connectivity index (χ0v) is 16.3. The number of aryl methyl sites for hydroxylation is 1. The minimum atomic E-state index is -0.454. The maximum atomic E-state index is 13.1. The highest BCUT2D eigenvalue weighted by atomic mass is 32.1. The highest BCUT2D eigenvalue weighted by Gasteiger charge is 2.25. The summed E-state index contributed by atoms with van der Waals surface area (Å²) in [5, 5.41) is 3.32. The van der Waals surface area contributed by atoms with Crippen molar-refractivity contribution in [1.29, 1.82) is 0 Å². The molecule has 3 rings (SSSR count). The molecule has 1 N–H and O–H groups in total.